The summed E-state index contributed by atoms with van der Waals surface area (Å²) in [7, 11) is 1.55. The van der Waals surface area contributed by atoms with E-state index in [1.54, 1.807) is 31.4 Å². The predicted molar refractivity (Wildman–Crippen MR) is 94.0 cm³/mol. The first-order chi connectivity index (χ1) is 12.2. The summed E-state index contributed by atoms with van der Waals surface area (Å²) in [6.07, 6.45) is 0. The highest BCUT2D eigenvalue weighted by molar-refractivity contribution is 6.04. The zero-order valence-corrected chi connectivity index (χ0v) is 13.4. The van der Waals surface area contributed by atoms with Gasteiger partial charge in [-0.25, -0.2) is 0 Å². The summed E-state index contributed by atoms with van der Waals surface area (Å²) >= 11 is 0. The van der Waals surface area contributed by atoms with Crippen LogP contribution < -0.4 is 15.4 Å². The maximum atomic E-state index is 12.3. The Kier molecular flexibility index (Phi) is 4.62. The van der Waals surface area contributed by atoms with Crippen LogP contribution in [0.2, 0.25) is 0 Å². The number of anilines is 3. The van der Waals surface area contributed by atoms with Crippen LogP contribution >= 0.6 is 0 Å². The number of amides is 1. The first kappa shape index (κ1) is 16.1. The number of methoxy groups -OCH3 is 1. The molecule has 124 valence electrons. The summed E-state index contributed by atoms with van der Waals surface area (Å²) in [4.78, 5) is 12.3. The molecule has 3 rings (SSSR count). The Balaban J connectivity index is 1.78. The van der Waals surface area contributed by atoms with Gasteiger partial charge in [0, 0.05) is 11.3 Å². The summed E-state index contributed by atoms with van der Waals surface area (Å²) in [5.74, 6) is 0.876. The Hall–Kier alpha value is -3.79. The van der Waals surface area contributed by atoms with Gasteiger partial charge < -0.3 is 15.4 Å². The van der Waals surface area contributed by atoms with Crippen molar-refractivity contribution in [3.05, 3.63) is 65.7 Å². The van der Waals surface area contributed by atoms with Gasteiger partial charge in [0.2, 0.25) is 0 Å². The summed E-state index contributed by atoms with van der Waals surface area (Å²) in [6.45, 7) is 0. The number of hydrogen-bond acceptors (Lipinski definition) is 5. The van der Waals surface area contributed by atoms with Gasteiger partial charge in [0.1, 0.15) is 23.2 Å². The highest BCUT2D eigenvalue weighted by atomic mass is 16.5. The van der Waals surface area contributed by atoms with Crippen LogP contribution in [0.5, 0.6) is 5.75 Å². The lowest BCUT2D eigenvalue weighted by Gasteiger charge is -2.05. The van der Waals surface area contributed by atoms with E-state index in [2.05, 4.69) is 20.8 Å². The van der Waals surface area contributed by atoms with Crippen molar-refractivity contribution in [1.29, 1.82) is 5.26 Å². The van der Waals surface area contributed by atoms with E-state index in [0.717, 1.165) is 5.69 Å². The third kappa shape index (κ3) is 3.59. The molecule has 1 aromatic heterocycles. The van der Waals surface area contributed by atoms with Crippen LogP contribution in [0.3, 0.4) is 0 Å². The molecule has 0 aliphatic carbocycles. The zero-order valence-electron chi connectivity index (χ0n) is 13.4. The average molecular weight is 333 g/mol. The van der Waals surface area contributed by atoms with E-state index in [0.29, 0.717) is 17.1 Å². The van der Waals surface area contributed by atoms with Crippen molar-refractivity contribution in [2.24, 2.45) is 0 Å². The van der Waals surface area contributed by atoms with Crippen molar-refractivity contribution in [3.63, 3.8) is 0 Å². The maximum absolute atomic E-state index is 12.3. The van der Waals surface area contributed by atoms with Gasteiger partial charge in [-0.05, 0) is 36.4 Å². The SMILES string of the molecule is COc1ccc(C(=O)Nc2n[nH]c(Nc3ccccc3)c2C#N)cc1. The lowest BCUT2D eigenvalue weighted by molar-refractivity contribution is 0.102. The number of nitriles is 1. The molecule has 7 nitrogen and oxygen atoms in total. The lowest BCUT2D eigenvalue weighted by Crippen LogP contribution is -2.13. The van der Waals surface area contributed by atoms with E-state index in [9.17, 15) is 10.1 Å². The van der Waals surface area contributed by atoms with Gasteiger partial charge in [-0.2, -0.15) is 10.4 Å². The number of para-hydroxylation sites is 1. The second-order valence-corrected chi connectivity index (χ2v) is 5.11. The molecule has 0 aliphatic rings. The van der Waals surface area contributed by atoms with Crippen LogP contribution in [0.15, 0.2) is 54.6 Å². The third-order valence-corrected chi connectivity index (χ3v) is 3.51. The Morgan fingerprint density at radius 1 is 1.16 bits per heavy atom. The number of H-pyrrole nitrogens is 1. The van der Waals surface area contributed by atoms with Gasteiger partial charge in [-0.1, -0.05) is 18.2 Å². The monoisotopic (exact) mass is 333 g/mol. The minimum Gasteiger partial charge on any atom is -0.497 e. The Labute approximate surface area is 144 Å². The summed E-state index contributed by atoms with van der Waals surface area (Å²) in [5, 5.41) is 21.8. The number of nitrogens with zero attached hydrogens (tertiary/aromatic N) is 2. The van der Waals surface area contributed by atoms with Gasteiger partial charge in [0.15, 0.2) is 5.82 Å². The van der Waals surface area contributed by atoms with Crippen molar-refractivity contribution in [2.75, 3.05) is 17.7 Å². The van der Waals surface area contributed by atoms with E-state index >= 15 is 0 Å². The molecule has 25 heavy (non-hydrogen) atoms. The number of hydrogen-bond donors (Lipinski definition) is 3. The largest absolute Gasteiger partial charge is 0.497 e. The quantitative estimate of drug-likeness (QED) is 0.665. The fraction of sp³-hybridized carbons (Fsp3) is 0.0556. The topological polar surface area (TPSA) is 103 Å². The molecule has 0 atom stereocenters. The molecule has 7 heteroatoms. The number of carbonyl (C=O) groups is 1. The number of nitrogens with one attached hydrogen (secondary N) is 3. The number of aromatic nitrogens is 2. The molecule has 0 saturated carbocycles. The third-order valence-electron chi connectivity index (χ3n) is 3.51. The highest BCUT2D eigenvalue weighted by Gasteiger charge is 2.16. The summed E-state index contributed by atoms with van der Waals surface area (Å²) < 4.78 is 5.06. The first-order valence-corrected chi connectivity index (χ1v) is 7.47. The van der Waals surface area contributed by atoms with Crippen molar-refractivity contribution >= 4 is 23.2 Å². The van der Waals surface area contributed by atoms with E-state index in [1.165, 1.54) is 0 Å². The van der Waals surface area contributed by atoms with E-state index in [-0.39, 0.29) is 17.3 Å². The normalized spacial score (nSPS) is 9.92. The van der Waals surface area contributed by atoms with Crippen molar-refractivity contribution in [3.8, 4) is 11.8 Å². The minimum absolute atomic E-state index is 0.168. The van der Waals surface area contributed by atoms with Crippen LogP contribution in [0.4, 0.5) is 17.3 Å². The van der Waals surface area contributed by atoms with Crippen molar-refractivity contribution in [1.82, 2.24) is 10.2 Å². The Morgan fingerprint density at radius 2 is 1.88 bits per heavy atom. The molecule has 2 aromatic carbocycles. The van der Waals surface area contributed by atoms with Crippen molar-refractivity contribution in [2.45, 2.75) is 0 Å². The van der Waals surface area contributed by atoms with Gasteiger partial charge in [-0.3, -0.25) is 9.89 Å². The Morgan fingerprint density at radius 3 is 2.52 bits per heavy atom. The molecule has 0 saturated heterocycles. The molecule has 0 spiro atoms. The number of ether oxygens (including phenoxy) is 1. The number of benzene rings is 2. The predicted octanol–water partition coefficient (Wildman–Crippen LogP) is 3.29. The van der Waals surface area contributed by atoms with Gasteiger partial charge >= 0.3 is 0 Å². The molecule has 3 aromatic rings. The van der Waals surface area contributed by atoms with Crippen LogP contribution in [-0.4, -0.2) is 23.2 Å². The fourth-order valence-corrected chi connectivity index (χ4v) is 2.22. The van der Waals surface area contributed by atoms with Crippen LogP contribution in [0.1, 0.15) is 15.9 Å². The van der Waals surface area contributed by atoms with Gasteiger partial charge in [-0.15, -0.1) is 0 Å². The number of rotatable bonds is 5. The maximum Gasteiger partial charge on any atom is 0.256 e. The highest BCUT2D eigenvalue weighted by Crippen LogP contribution is 2.24. The second-order valence-electron chi connectivity index (χ2n) is 5.11. The van der Waals surface area contributed by atoms with Gasteiger partial charge in [0.25, 0.3) is 5.91 Å². The summed E-state index contributed by atoms with van der Waals surface area (Å²) in [6, 6.07) is 18.0. The molecule has 0 fully saturated rings. The van der Waals surface area contributed by atoms with Crippen molar-refractivity contribution < 1.29 is 9.53 Å². The average Bonchev–Trinajstić information content (AvgIpc) is 3.03. The van der Waals surface area contributed by atoms with E-state index in [4.69, 9.17) is 4.74 Å². The molecule has 3 N–H and O–H groups in total. The fourth-order valence-electron chi connectivity index (χ4n) is 2.22. The molecule has 0 bridgehead atoms. The van der Waals surface area contributed by atoms with Gasteiger partial charge in [0.05, 0.1) is 7.11 Å². The first-order valence-electron chi connectivity index (χ1n) is 7.47. The molecule has 0 radical (unpaired) electrons. The zero-order chi connectivity index (χ0) is 17.6. The van der Waals surface area contributed by atoms with Crippen LogP contribution in [0, 0.1) is 11.3 Å². The van der Waals surface area contributed by atoms with E-state index < -0.39 is 0 Å². The molecule has 0 unspecified atom stereocenters. The number of carbonyl (C=O) groups excluding carboxylic acids is 1. The van der Waals surface area contributed by atoms with E-state index in [1.807, 2.05) is 36.4 Å². The summed E-state index contributed by atoms with van der Waals surface area (Å²) in [5.41, 5.74) is 1.46. The second kappa shape index (κ2) is 7.19. The smallest absolute Gasteiger partial charge is 0.256 e. The Bertz CT molecular complexity index is 911. The van der Waals surface area contributed by atoms with Crippen LogP contribution in [0.25, 0.3) is 0 Å². The molecule has 0 aliphatic heterocycles. The lowest BCUT2D eigenvalue weighted by atomic mass is 10.2. The molecule has 1 heterocycles. The number of aromatic amines is 1. The minimum atomic E-state index is -0.364. The molecule has 1 amide bonds. The van der Waals surface area contributed by atoms with Crippen LogP contribution in [-0.2, 0) is 0 Å². The molecular weight excluding hydrogens is 318 g/mol. The standard InChI is InChI=1S/C18H15N5O2/c1-25-14-9-7-12(8-10-14)18(24)21-17-15(11-19)16(22-23-17)20-13-5-3-2-4-6-13/h2-10H,1H3,(H3,20,21,22,23,24). The molecular formula is C18H15N5O2.